The first-order valence-corrected chi connectivity index (χ1v) is 11.3. The zero-order valence-electron chi connectivity index (χ0n) is 18.6. The van der Waals surface area contributed by atoms with Gasteiger partial charge in [-0.15, -0.1) is 5.10 Å². The van der Waals surface area contributed by atoms with Crippen LogP contribution in [-0.4, -0.2) is 65.9 Å². The van der Waals surface area contributed by atoms with Gasteiger partial charge >= 0.3 is 0 Å². The summed E-state index contributed by atoms with van der Waals surface area (Å²) in [5, 5.41) is 8.08. The zero-order valence-corrected chi connectivity index (χ0v) is 18.6. The van der Waals surface area contributed by atoms with E-state index in [1.165, 1.54) is 5.69 Å². The highest BCUT2D eigenvalue weighted by Gasteiger charge is 2.16. The van der Waals surface area contributed by atoms with Crippen molar-refractivity contribution in [3.05, 3.63) is 60.8 Å². The lowest BCUT2D eigenvalue weighted by Gasteiger charge is -2.34. The van der Waals surface area contributed by atoms with Gasteiger partial charge in [-0.3, -0.25) is 0 Å². The first-order valence-electron chi connectivity index (χ1n) is 11.3. The molecule has 1 fully saturated rings. The third-order valence-electron chi connectivity index (χ3n) is 6.23. The fourth-order valence-corrected chi connectivity index (χ4v) is 4.33. The minimum atomic E-state index is 0.546. The Morgan fingerprint density at radius 1 is 0.848 bits per heavy atom. The molecule has 0 amide bonds. The highest BCUT2D eigenvalue weighted by Crippen LogP contribution is 2.35. The summed E-state index contributed by atoms with van der Waals surface area (Å²) in [6.45, 7) is 5.44. The van der Waals surface area contributed by atoms with E-state index in [1.54, 1.807) is 0 Å². The van der Waals surface area contributed by atoms with Gasteiger partial charge in [0.1, 0.15) is 13.2 Å². The number of likely N-dealkylation sites (N-methyl/N-ethyl adjacent to an activating group) is 1. The minimum Gasteiger partial charge on any atom is -0.486 e. The van der Waals surface area contributed by atoms with Crippen LogP contribution in [0.4, 0.5) is 17.3 Å². The number of aromatic nitrogens is 3. The zero-order chi connectivity index (χ0) is 22.2. The number of nitrogens with one attached hydrogen (secondary N) is 1. The van der Waals surface area contributed by atoms with E-state index in [9.17, 15) is 0 Å². The summed E-state index contributed by atoms with van der Waals surface area (Å²) in [5.41, 5.74) is 5.12. The van der Waals surface area contributed by atoms with E-state index in [-0.39, 0.29) is 0 Å². The molecule has 4 aromatic rings. The van der Waals surface area contributed by atoms with Crippen molar-refractivity contribution in [1.29, 1.82) is 0 Å². The molecule has 4 heterocycles. The van der Waals surface area contributed by atoms with Gasteiger partial charge in [0.25, 0.3) is 0 Å². The lowest BCUT2D eigenvalue weighted by Crippen LogP contribution is -2.44. The molecular formula is C25H26N6O2. The van der Waals surface area contributed by atoms with Crippen molar-refractivity contribution in [3.8, 4) is 22.8 Å². The smallest absolute Gasteiger partial charge is 0.245 e. The largest absolute Gasteiger partial charge is 0.486 e. The van der Waals surface area contributed by atoms with Crippen LogP contribution in [0.25, 0.3) is 16.8 Å². The van der Waals surface area contributed by atoms with Gasteiger partial charge in [0.05, 0.1) is 17.4 Å². The van der Waals surface area contributed by atoms with Crippen LogP contribution in [0.3, 0.4) is 0 Å². The molecule has 0 radical (unpaired) electrons. The van der Waals surface area contributed by atoms with Gasteiger partial charge in [-0.2, -0.15) is 0 Å². The van der Waals surface area contributed by atoms with Crippen LogP contribution in [0.15, 0.2) is 60.8 Å². The molecule has 2 aliphatic rings. The Labute approximate surface area is 192 Å². The number of hydrogen-bond donors (Lipinski definition) is 1. The maximum Gasteiger partial charge on any atom is 0.245 e. The molecule has 2 aromatic carbocycles. The van der Waals surface area contributed by atoms with Gasteiger partial charge in [0, 0.05) is 43.1 Å². The molecule has 0 aliphatic carbocycles. The second kappa shape index (κ2) is 8.29. The predicted octanol–water partition coefficient (Wildman–Crippen LogP) is 3.66. The van der Waals surface area contributed by atoms with E-state index in [0.717, 1.165) is 60.1 Å². The first-order chi connectivity index (χ1) is 16.2. The third kappa shape index (κ3) is 3.93. The van der Waals surface area contributed by atoms with E-state index >= 15 is 0 Å². The van der Waals surface area contributed by atoms with E-state index < -0.39 is 0 Å². The lowest BCUT2D eigenvalue weighted by molar-refractivity contribution is 0.171. The number of hydrogen-bond acceptors (Lipinski definition) is 7. The standard InChI is InChI=1S/C25H26N6O2/c1-29-10-12-30(13-11-29)20-5-3-19(4-6-20)27-25-26-17-21-7-8-22(31(21)28-25)18-2-9-23-24(16-18)33-15-14-32-23/h2-9,16-17H,10-15H2,1H3,(H,27,28). The van der Waals surface area contributed by atoms with E-state index in [1.807, 2.05) is 41.0 Å². The number of rotatable bonds is 4. The number of anilines is 3. The molecule has 0 spiro atoms. The molecule has 6 rings (SSSR count). The Morgan fingerprint density at radius 2 is 1.64 bits per heavy atom. The summed E-state index contributed by atoms with van der Waals surface area (Å²) >= 11 is 0. The fraction of sp³-hybridized carbons (Fsp3) is 0.280. The molecule has 8 nitrogen and oxygen atoms in total. The van der Waals surface area contributed by atoms with E-state index in [4.69, 9.17) is 14.6 Å². The topological polar surface area (TPSA) is 67.2 Å². The van der Waals surface area contributed by atoms with Crippen molar-refractivity contribution in [3.63, 3.8) is 0 Å². The summed E-state index contributed by atoms with van der Waals surface area (Å²) < 4.78 is 13.3. The van der Waals surface area contributed by atoms with Crippen molar-refractivity contribution in [2.45, 2.75) is 0 Å². The molecule has 1 saturated heterocycles. The number of fused-ring (bicyclic) bond motifs is 2. The average molecular weight is 443 g/mol. The summed E-state index contributed by atoms with van der Waals surface area (Å²) in [4.78, 5) is 9.28. The van der Waals surface area contributed by atoms with Crippen molar-refractivity contribution < 1.29 is 9.47 Å². The molecule has 0 saturated carbocycles. The van der Waals surface area contributed by atoms with E-state index in [0.29, 0.717) is 19.2 Å². The summed E-state index contributed by atoms with van der Waals surface area (Å²) in [7, 11) is 2.17. The Balaban J connectivity index is 1.24. The molecule has 2 aromatic heterocycles. The van der Waals surface area contributed by atoms with Crippen molar-refractivity contribution in [2.24, 2.45) is 0 Å². The highest BCUT2D eigenvalue weighted by molar-refractivity contribution is 5.69. The van der Waals surface area contributed by atoms with Gasteiger partial charge in [-0.1, -0.05) is 0 Å². The monoisotopic (exact) mass is 442 g/mol. The van der Waals surface area contributed by atoms with Gasteiger partial charge in [-0.25, -0.2) is 9.50 Å². The van der Waals surface area contributed by atoms with Crippen LogP contribution in [0.2, 0.25) is 0 Å². The molecule has 33 heavy (non-hydrogen) atoms. The quantitative estimate of drug-likeness (QED) is 0.517. The maximum absolute atomic E-state index is 5.75. The Kier molecular flexibility index (Phi) is 4.99. The molecule has 0 unspecified atom stereocenters. The van der Waals surface area contributed by atoms with Gasteiger partial charge < -0.3 is 24.6 Å². The van der Waals surface area contributed by atoms with Crippen molar-refractivity contribution >= 4 is 22.8 Å². The molecular weight excluding hydrogens is 416 g/mol. The van der Waals surface area contributed by atoms with Crippen LogP contribution < -0.4 is 19.7 Å². The first kappa shape index (κ1) is 19.9. The van der Waals surface area contributed by atoms with Gasteiger partial charge in [-0.05, 0) is 61.6 Å². The van der Waals surface area contributed by atoms with Gasteiger partial charge in [0.15, 0.2) is 11.5 Å². The second-order valence-corrected chi connectivity index (χ2v) is 8.46. The molecule has 168 valence electrons. The number of benzene rings is 2. The summed E-state index contributed by atoms with van der Waals surface area (Å²) in [5.74, 6) is 2.09. The molecule has 0 atom stereocenters. The number of piperazine rings is 1. The summed E-state index contributed by atoms with van der Waals surface area (Å²) in [6.07, 6.45) is 1.83. The highest BCUT2D eigenvalue weighted by atomic mass is 16.6. The third-order valence-corrected chi connectivity index (χ3v) is 6.23. The van der Waals surface area contributed by atoms with Crippen molar-refractivity contribution in [2.75, 3.05) is 56.7 Å². The lowest BCUT2D eigenvalue weighted by atomic mass is 10.1. The minimum absolute atomic E-state index is 0.546. The van der Waals surface area contributed by atoms with Crippen LogP contribution in [0, 0.1) is 0 Å². The average Bonchev–Trinajstić information content (AvgIpc) is 3.28. The molecule has 1 N–H and O–H groups in total. The normalized spacial score (nSPS) is 16.2. The van der Waals surface area contributed by atoms with Crippen LogP contribution in [0.5, 0.6) is 11.5 Å². The fourth-order valence-electron chi connectivity index (χ4n) is 4.33. The number of nitrogens with zero attached hydrogens (tertiary/aromatic N) is 5. The summed E-state index contributed by atoms with van der Waals surface area (Å²) in [6, 6.07) is 18.5. The molecule has 2 aliphatic heterocycles. The van der Waals surface area contributed by atoms with Crippen LogP contribution in [-0.2, 0) is 0 Å². The number of ether oxygens (including phenoxy) is 2. The molecule has 8 heteroatoms. The van der Waals surface area contributed by atoms with E-state index in [2.05, 4.69) is 51.4 Å². The van der Waals surface area contributed by atoms with Crippen molar-refractivity contribution in [1.82, 2.24) is 19.5 Å². The van der Waals surface area contributed by atoms with Gasteiger partial charge in [0.2, 0.25) is 5.95 Å². The second-order valence-electron chi connectivity index (χ2n) is 8.46. The maximum atomic E-state index is 5.75. The SMILES string of the molecule is CN1CCN(c2ccc(Nc3ncc4ccc(-c5ccc6c(c5)OCCO6)n4n3)cc2)CC1. The predicted molar refractivity (Wildman–Crippen MR) is 129 cm³/mol. The van der Waals surface area contributed by atoms with Crippen LogP contribution >= 0.6 is 0 Å². The molecule has 0 bridgehead atoms. The Bertz CT molecular complexity index is 1280. The Hall–Kier alpha value is -3.78. The van der Waals surface area contributed by atoms with Crippen LogP contribution in [0.1, 0.15) is 0 Å². The Morgan fingerprint density at radius 3 is 2.45 bits per heavy atom.